The lowest BCUT2D eigenvalue weighted by Gasteiger charge is -2.16. The Balaban J connectivity index is 1.88. The third kappa shape index (κ3) is 3.85. The highest BCUT2D eigenvalue weighted by molar-refractivity contribution is 5.98. The fraction of sp³-hybridized carbons (Fsp3) is 0.467. The Morgan fingerprint density at radius 3 is 2.67 bits per heavy atom. The molecule has 1 aliphatic heterocycles. The summed E-state index contributed by atoms with van der Waals surface area (Å²) in [5.41, 5.74) is 5.38. The lowest BCUT2D eigenvalue weighted by Crippen LogP contribution is -2.30. The molecule has 1 fully saturated rings. The molecule has 0 bridgehead atoms. The monoisotopic (exact) mass is 296 g/mol. The number of likely N-dealkylation sites (tertiary alicyclic amines) is 1. The first-order valence-electron chi connectivity index (χ1n) is 6.97. The van der Waals surface area contributed by atoms with Crippen LogP contribution in [-0.2, 0) is 4.79 Å². The predicted molar refractivity (Wildman–Crippen MR) is 73.7 cm³/mol. The van der Waals surface area contributed by atoms with Crippen LogP contribution in [0.4, 0.5) is 8.78 Å². The van der Waals surface area contributed by atoms with E-state index in [1.807, 2.05) is 0 Å². The van der Waals surface area contributed by atoms with E-state index in [0.29, 0.717) is 31.6 Å². The summed E-state index contributed by atoms with van der Waals surface area (Å²) < 4.78 is 26.2. The van der Waals surface area contributed by atoms with E-state index in [1.54, 1.807) is 4.90 Å². The van der Waals surface area contributed by atoms with Crippen molar-refractivity contribution in [1.29, 1.82) is 0 Å². The van der Waals surface area contributed by atoms with Gasteiger partial charge < -0.3 is 10.6 Å². The molecule has 0 saturated carbocycles. The van der Waals surface area contributed by atoms with E-state index < -0.39 is 17.4 Å². The number of nitrogens with zero attached hydrogens (tertiary/aromatic N) is 1. The third-order valence-corrected chi connectivity index (χ3v) is 3.77. The zero-order valence-corrected chi connectivity index (χ0v) is 11.6. The molecular formula is C15H18F2N2O2. The van der Waals surface area contributed by atoms with Gasteiger partial charge in [0.05, 0.1) is 5.56 Å². The van der Waals surface area contributed by atoms with Crippen LogP contribution in [0.3, 0.4) is 0 Å². The van der Waals surface area contributed by atoms with Crippen molar-refractivity contribution in [2.24, 2.45) is 11.7 Å². The Hall–Kier alpha value is -1.82. The number of hydrogen-bond donors (Lipinski definition) is 1. The van der Waals surface area contributed by atoms with Crippen molar-refractivity contribution in [3.63, 3.8) is 0 Å². The summed E-state index contributed by atoms with van der Waals surface area (Å²) in [6.45, 7) is 1.82. The van der Waals surface area contributed by atoms with Gasteiger partial charge in [0.1, 0.15) is 11.6 Å². The van der Waals surface area contributed by atoms with E-state index in [9.17, 15) is 18.4 Å². The molecule has 6 heteroatoms. The molecule has 114 valence electrons. The van der Waals surface area contributed by atoms with Crippen LogP contribution in [0.2, 0.25) is 0 Å². The van der Waals surface area contributed by atoms with E-state index in [4.69, 9.17) is 5.73 Å². The number of rotatable bonds is 5. The molecule has 1 atom stereocenters. The van der Waals surface area contributed by atoms with Gasteiger partial charge in [0, 0.05) is 32.0 Å². The highest BCUT2D eigenvalue weighted by atomic mass is 19.1. The zero-order chi connectivity index (χ0) is 15.4. The van der Waals surface area contributed by atoms with Crippen molar-refractivity contribution in [2.75, 3.05) is 19.6 Å². The molecule has 0 aliphatic carbocycles. The van der Waals surface area contributed by atoms with Crippen LogP contribution in [0, 0.1) is 17.6 Å². The summed E-state index contributed by atoms with van der Waals surface area (Å²) in [5.74, 6) is -1.92. The second-order valence-electron chi connectivity index (χ2n) is 5.28. The van der Waals surface area contributed by atoms with Crippen molar-refractivity contribution >= 4 is 11.7 Å². The van der Waals surface area contributed by atoms with E-state index >= 15 is 0 Å². The number of carbonyl (C=O) groups is 2. The summed E-state index contributed by atoms with van der Waals surface area (Å²) in [6, 6.07) is 2.81. The lowest BCUT2D eigenvalue weighted by molar-refractivity contribution is -0.130. The number of hydrogen-bond acceptors (Lipinski definition) is 3. The van der Waals surface area contributed by atoms with Gasteiger partial charge in [0.15, 0.2) is 5.78 Å². The Bertz CT molecular complexity index is 548. The summed E-state index contributed by atoms with van der Waals surface area (Å²) in [5, 5.41) is 0. The van der Waals surface area contributed by atoms with E-state index in [-0.39, 0.29) is 24.3 Å². The average Bonchev–Trinajstić information content (AvgIpc) is 2.93. The van der Waals surface area contributed by atoms with Crippen molar-refractivity contribution in [3.05, 3.63) is 35.4 Å². The average molecular weight is 296 g/mol. The van der Waals surface area contributed by atoms with Crippen LogP contribution < -0.4 is 5.73 Å². The summed E-state index contributed by atoms with van der Waals surface area (Å²) >= 11 is 0. The number of benzene rings is 1. The van der Waals surface area contributed by atoms with Crippen LogP contribution in [0.15, 0.2) is 18.2 Å². The molecule has 1 aliphatic rings. The number of Topliss-reactive ketones (excluding diaryl/α,β-unsaturated/α-hetero) is 1. The normalized spacial score (nSPS) is 18.0. The molecule has 1 amide bonds. The van der Waals surface area contributed by atoms with Gasteiger partial charge in [-0.15, -0.1) is 0 Å². The van der Waals surface area contributed by atoms with Crippen molar-refractivity contribution in [2.45, 2.75) is 19.3 Å². The summed E-state index contributed by atoms with van der Waals surface area (Å²) in [4.78, 5) is 25.5. The third-order valence-electron chi connectivity index (χ3n) is 3.77. The second kappa shape index (κ2) is 6.76. The van der Waals surface area contributed by atoms with Crippen LogP contribution >= 0.6 is 0 Å². The largest absolute Gasteiger partial charge is 0.342 e. The minimum Gasteiger partial charge on any atom is -0.342 e. The first-order valence-corrected chi connectivity index (χ1v) is 6.97. The van der Waals surface area contributed by atoms with Gasteiger partial charge in [-0.3, -0.25) is 9.59 Å². The van der Waals surface area contributed by atoms with Crippen LogP contribution in [0.5, 0.6) is 0 Å². The highest BCUT2D eigenvalue weighted by Crippen LogP contribution is 2.17. The number of carbonyl (C=O) groups excluding carboxylic acids is 2. The molecule has 1 unspecified atom stereocenters. The van der Waals surface area contributed by atoms with Crippen molar-refractivity contribution in [1.82, 2.24) is 4.90 Å². The Morgan fingerprint density at radius 1 is 1.29 bits per heavy atom. The minimum atomic E-state index is -0.892. The molecule has 2 rings (SSSR count). The predicted octanol–water partition coefficient (Wildman–Crippen LogP) is 1.73. The van der Waals surface area contributed by atoms with Crippen molar-refractivity contribution in [3.8, 4) is 0 Å². The topological polar surface area (TPSA) is 63.4 Å². The van der Waals surface area contributed by atoms with Crippen LogP contribution in [0.1, 0.15) is 29.6 Å². The quantitative estimate of drug-likeness (QED) is 0.842. The van der Waals surface area contributed by atoms with Gasteiger partial charge in [-0.1, -0.05) is 0 Å². The van der Waals surface area contributed by atoms with E-state index in [1.165, 1.54) is 0 Å². The molecule has 1 aromatic rings. The maximum absolute atomic E-state index is 13.5. The van der Waals surface area contributed by atoms with Gasteiger partial charge in [0.25, 0.3) is 0 Å². The smallest absolute Gasteiger partial charge is 0.223 e. The maximum atomic E-state index is 13.5. The summed E-state index contributed by atoms with van der Waals surface area (Å²) in [7, 11) is 0. The van der Waals surface area contributed by atoms with E-state index in [0.717, 1.165) is 18.6 Å². The maximum Gasteiger partial charge on any atom is 0.223 e. The fourth-order valence-electron chi connectivity index (χ4n) is 2.48. The fourth-order valence-corrected chi connectivity index (χ4v) is 2.48. The highest BCUT2D eigenvalue weighted by Gasteiger charge is 2.25. The number of nitrogens with two attached hydrogens (primary N) is 1. The van der Waals surface area contributed by atoms with Crippen LogP contribution in [-0.4, -0.2) is 36.2 Å². The molecule has 2 N–H and O–H groups in total. The number of amides is 1. The Labute approximate surface area is 121 Å². The van der Waals surface area contributed by atoms with Gasteiger partial charge in [-0.2, -0.15) is 0 Å². The van der Waals surface area contributed by atoms with Crippen LogP contribution in [0.25, 0.3) is 0 Å². The number of halogens is 2. The number of ketones is 1. The molecule has 1 heterocycles. The molecule has 21 heavy (non-hydrogen) atoms. The molecular weight excluding hydrogens is 278 g/mol. The molecule has 1 aromatic carbocycles. The first kappa shape index (κ1) is 15.6. The van der Waals surface area contributed by atoms with Crippen molar-refractivity contribution < 1.29 is 18.4 Å². The molecule has 0 aromatic heterocycles. The van der Waals surface area contributed by atoms with Gasteiger partial charge in [-0.25, -0.2) is 8.78 Å². The van der Waals surface area contributed by atoms with E-state index in [2.05, 4.69) is 0 Å². The Kier molecular flexibility index (Phi) is 5.01. The second-order valence-corrected chi connectivity index (χ2v) is 5.28. The standard InChI is InChI=1S/C15H18F2N2O2/c16-11-1-2-12(13(17)7-11)14(20)3-4-15(21)19-6-5-10(8-18)9-19/h1-2,7,10H,3-6,8-9,18H2. The Morgan fingerprint density at radius 2 is 2.05 bits per heavy atom. The molecule has 1 saturated heterocycles. The molecule has 0 spiro atoms. The molecule has 4 nitrogen and oxygen atoms in total. The lowest BCUT2D eigenvalue weighted by atomic mass is 10.1. The molecule has 0 radical (unpaired) electrons. The van der Waals surface area contributed by atoms with Gasteiger partial charge in [-0.05, 0) is 31.0 Å². The van der Waals surface area contributed by atoms with Gasteiger partial charge in [0.2, 0.25) is 5.91 Å². The minimum absolute atomic E-state index is 0.0347. The first-order chi connectivity index (χ1) is 10.0. The van der Waals surface area contributed by atoms with Gasteiger partial charge >= 0.3 is 0 Å². The SMILES string of the molecule is NCC1CCN(C(=O)CCC(=O)c2ccc(F)cc2F)C1. The summed E-state index contributed by atoms with van der Waals surface area (Å²) in [6.07, 6.45) is 0.834. The zero-order valence-electron chi connectivity index (χ0n) is 11.6.